The number of likely N-dealkylation sites (tertiary alicyclic amines) is 1. The molecule has 0 aromatic heterocycles. The third-order valence-corrected chi connectivity index (χ3v) is 5.25. The van der Waals surface area contributed by atoms with Crippen molar-refractivity contribution in [2.45, 2.75) is 40.8 Å². The maximum absolute atomic E-state index is 12.8. The normalized spacial score (nSPS) is 17.0. The number of aliphatic imine (C=N–C) groups is 1. The number of nitrogens with zero attached hydrogens (tertiary/aromatic N) is 2. The third-order valence-electron chi connectivity index (χ3n) is 3.89. The van der Waals surface area contributed by atoms with Gasteiger partial charge in [0.05, 0.1) is 15.6 Å². The van der Waals surface area contributed by atoms with Crippen LogP contribution in [0.4, 0.5) is 18.9 Å². The average Bonchev–Trinajstić information content (AvgIpc) is 3.00. The van der Waals surface area contributed by atoms with Crippen LogP contribution in [-0.2, 0) is 11.0 Å². The quantitative estimate of drug-likeness (QED) is 0.416. The first-order chi connectivity index (χ1) is 15.6. The number of hydrogen-bond donors (Lipinski definition) is 0. The number of alkyl halides is 3. The molecule has 1 amide bonds. The molecule has 2 rings (SSSR count). The predicted molar refractivity (Wildman–Crippen MR) is 137 cm³/mol. The summed E-state index contributed by atoms with van der Waals surface area (Å²) in [6, 6.07) is 4.55. The second-order valence-corrected chi connectivity index (χ2v) is 7.68. The van der Waals surface area contributed by atoms with Gasteiger partial charge >= 0.3 is 6.18 Å². The molecule has 1 aliphatic heterocycles. The van der Waals surface area contributed by atoms with E-state index in [0.29, 0.717) is 11.3 Å². The van der Waals surface area contributed by atoms with Gasteiger partial charge in [0.2, 0.25) is 0 Å². The molecular weight excluding hydrogens is 469 g/mol. The largest absolute Gasteiger partial charge is 0.416 e. The van der Waals surface area contributed by atoms with Gasteiger partial charge in [-0.2, -0.15) is 13.2 Å². The summed E-state index contributed by atoms with van der Waals surface area (Å²) >= 11 is 7.14. The number of thioether (sulfide) groups is 1. The summed E-state index contributed by atoms with van der Waals surface area (Å²) in [7, 11) is 1.54. The standard InChI is InChI=1S/C17H15F3N2O.C6H9ClS.C2H6/c1-4-5-9-14-11(2)22(3)16(23)15(14)21-13-8-6-7-12(10-13)17(18,19)20;1-3-5-8-6(7)4-2;1-2/h4-10H,2H2,1,3H3;3-5H,1-2H3;1-2H3/b5-4-,14-9+,21-15?;5-3-,6-4-;. The zero-order chi connectivity index (χ0) is 25.6. The van der Waals surface area contributed by atoms with Gasteiger partial charge < -0.3 is 4.90 Å². The molecule has 0 bridgehead atoms. The Balaban J connectivity index is 0.000000868. The minimum atomic E-state index is -4.46. The molecule has 1 fully saturated rings. The Morgan fingerprint density at radius 3 is 2.33 bits per heavy atom. The summed E-state index contributed by atoms with van der Waals surface area (Å²) in [6.45, 7) is 13.5. The molecule has 1 aliphatic rings. The van der Waals surface area contributed by atoms with Crippen LogP contribution in [0.1, 0.15) is 40.2 Å². The van der Waals surface area contributed by atoms with Crippen LogP contribution < -0.4 is 0 Å². The van der Waals surface area contributed by atoms with Crippen LogP contribution in [0.15, 0.2) is 87.3 Å². The van der Waals surface area contributed by atoms with Gasteiger partial charge in [0.15, 0.2) is 0 Å². The Morgan fingerprint density at radius 2 is 1.82 bits per heavy atom. The lowest BCUT2D eigenvalue weighted by Gasteiger charge is -2.07. The summed E-state index contributed by atoms with van der Waals surface area (Å²) in [4.78, 5) is 17.7. The Labute approximate surface area is 204 Å². The van der Waals surface area contributed by atoms with E-state index in [-0.39, 0.29) is 11.4 Å². The van der Waals surface area contributed by atoms with Crippen molar-refractivity contribution in [2.75, 3.05) is 7.05 Å². The van der Waals surface area contributed by atoms with E-state index < -0.39 is 17.6 Å². The van der Waals surface area contributed by atoms with Crippen LogP contribution in [0.2, 0.25) is 0 Å². The topological polar surface area (TPSA) is 32.7 Å². The van der Waals surface area contributed by atoms with Crippen molar-refractivity contribution in [3.63, 3.8) is 0 Å². The molecular formula is C25H30ClF3N2OS. The highest BCUT2D eigenvalue weighted by Gasteiger charge is 2.34. The number of hydrogen-bond acceptors (Lipinski definition) is 3. The van der Waals surface area contributed by atoms with Gasteiger partial charge in [-0.25, -0.2) is 4.99 Å². The van der Waals surface area contributed by atoms with Crippen molar-refractivity contribution in [3.05, 3.63) is 87.8 Å². The van der Waals surface area contributed by atoms with Gasteiger partial charge in [0.25, 0.3) is 5.91 Å². The zero-order valence-corrected chi connectivity index (χ0v) is 21.3. The molecule has 0 radical (unpaired) electrons. The van der Waals surface area contributed by atoms with E-state index in [1.54, 1.807) is 25.3 Å². The molecule has 180 valence electrons. The van der Waals surface area contributed by atoms with Gasteiger partial charge in [0.1, 0.15) is 5.71 Å². The molecule has 0 aliphatic carbocycles. The number of rotatable bonds is 4. The van der Waals surface area contributed by atoms with Crippen LogP contribution >= 0.6 is 23.4 Å². The van der Waals surface area contributed by atoms with E-state index in [4.69, 9.17) is 11.6 Å². The second-order valence-electron chi connectivity index (χ2n) is 6.11. The summed E-state index contributed by atoms with van der Waals surface area (Å²) in [6.07, 6.45) is 4.51. The van der Waals surface area contributed by atoms with Crippen LogP contribution in [0.5, 0.6) is 0 Å². The number of benzene rings is 1. The highest BCUT2D eigenvalue weighted by Crippen LogP contribution is 2.32. The summed E-state index contributed by atoms with van der Waals surface area (Å²) in [5.74, 6) is -0.400. The molecule has 0 unspecified atom stereocenters. The highest BCUT2D eigenvalue weighted by molar-refractivity contribution is 8.07. The molecule has 33 heavy (non-hydrogen) atoms. The second kappa shape index (κ2) is 15.3. The maximum Gasteiger partial charge on any atom is 0.416 e. The number of likely N-dealkylation sites (N-methyl/N-ethyl adjacent to an activating group) is 1. The monoisotopic (exact) mass is 498 g/mol. The van der Waals surface area contributed by atoms with E-state index in [9.17, 15) is 18.0 Å². The lowest BCUT2D eigenvalue weighted by molar-refractivity contribution is -0.137. The number of allylic oxidation sites excluding steroid dienone is 6. The van der Waals surface area contributed by atoms with Gasteiger partial charge in [-0.1, -0.05) is 80.2 Å². The minimum absolute atomic E-state index is 0.0673. The molecule has 8 heteroatoms. The molecule has 0 atom stereocenters. The minimum Gasteiger partial charge on any atom is -0.310 e. The summed E-state index contributed by atoms with van der Waals surface area (Å²) < 4.78 is 39.1. The first-order valence-corrected chi connectivity index (χ1v) is 11.5. The van der Waals surface area contributed by atoms with Crippen molar-refractivity contribution >= 4 is 40.7 Å². The Bertz CT molecular complexity index is 961. The SMILES string of the molecule is C/C=C\S/C(Cl)=C\C.C=C1/C(=C\C=C/C)C(=Nc2cccc(C(F)(F)F)c2)C(=O)N1C.CC. The first kappa shape index (κ1) is 30.5. The van der Waals surface area contributed by atoms with Crippen molar-refractivity contribution < 1.29 is 18.0 Å². The van der Waals surface area contributed by atoms with Gasteiger partial charge in [-0.3, -0.25) is 4.79 Å². The molecule has 0 spiro atoms. The molecule has 1 saturated heterocycles. The number of amides is 1. The van der Waals surface area contributed by atoms with E-state index >= 15 is 0 Å². The number of halogens is 4. The van der Waals surface area contributed by atoms with Crippen LogP contribution in [0.25, 0.3) is 0 Å². The fourth-order valence-electron chi connectivity index (χ4n) is 2.27. The van der Waals surface area contributed by atoms with Gasteiger partial charge in [-0.05, 0) is 44.4 Å². The molecule has 1 heterocycles. The van der Waals surface area contributed by atoms with Crippen LogP contribution in [-0.4, -0.2) is 23.6 Å². The van der Waals surface area contributed by atoms with Crippen molar-refractivity contribution in [1.29, 1.82) is 0 Å². The van der Waals surface area contributed by atoms with Crippen molar-refractivity contribution in [1.82, 2.24) is 4.90 Å². The average molecular weight is 499 g/mol. The van der Waals surface area contributed by atoms with Crippen LogP contribution in [0, 0.1) is 0 Å². The molecule has 1 aromatic carbocycles. The fourth-order valence-corrected chi connectivity index (χ4v) is 2.83. The van der Waals surface area contributed by atoms with Gasteiger partial charge in [-0.15, -0.1) is 0 Å². The Hall–Kier alpha value is -2.51. The molecule has 1 aromatic rings. The van der Waals surface area contributed by atoms with Gasteiger partial charge in [0, 0.05) is 18.3 Å². The van der Waals surface area contributed by atoms with E-state index in [1.807, 2.05) is 52.2 Å². The number of carbonyl (C=O) groups is 1. The lowest BCUT2D eigenvalue weighted by Crippen LogP contribution is -2.21. The third kappa shape index (κ3) is 9.88. The number of carbonyl (C=O) groups excluding carboxylic acids is 1. The molecule has 3 nitrogen and oxygen atoms in total. The zero-order valence-electron chi connectivity index (χ0n) is 19.7. The Morgan fingerprint density at radius 1 is 1.18 bits per heavy atom. The summed E-state index contributed by atoms with van der Waals surface area (Å²) in [5, 5.41) is 1.95. The fraction of sp³-hybridized carbons (Fsp3) is 0.280. The highest BCUT2D eigenvalue weighted by atomic mass is 35.5. The van der Waals surface area contributed by atoms with Crippen LogP contribution in [0.3, 0.4) is 0 Å². The van der Waals surface area contributed by atoms with E-state index in [1.165, 1.54) is 28.8 Å². The van der Waals surface area contributed by atoms with E-state index in [0.717, 1.165) is 16.5 Å². The smallest absolute Gasteiger partial charge is 0.310 e. The van der Waals surface area contributed by atoms with E-state index in [2.05, 4.69) is 11.6 Å². The predicted octanol–water partition coefficient (Wildman–Crippen LogP) is 8.65. The molecule has 0 saturated carbocycles. The van der Waals surface area contributed by atoms with Crippen molar-refractivity contribution in [2.24, 2.45) is 4.99 Å². The van der Waals surface area contributed by atoms with Crippen molar-refractivity contribution in [3.8, 4) is 0 Å². The summed E-state index contributed by atoms with van der Waals surface area (Å²) in [5.41, 5.74) is 0.287. The Kier molecular flexibility index (Phi) is 14.2. The molecule has 0 N–H and O–H groups in total. The lowest BCUT2D eigenvalue weighted by atomic mass is 10.1. The first-order valence-electron chi connectivity index (χ1n) is 10.2. The maximum atomic E-state index is 12.8.